The first-order chi connectivity index (χ1) is 7.13. The number of hydrogen-bond acceptors (Lipinski definition) is 3. The van der Waals surface area contributed by atoms with Crippen LogP contribution in [0.5, 0.6) is 0 Å². The molecule has 5 heteroatoms. The molecule has 1 heterocycles. The highest BCUT2D eigenvalue weighted by molar-refractivity contribution is 5.89. The molecule has 0 atom stereocenters. The molecular weight excluding hydrogens is 194 g/mol. The minimum absolute atomic E-state index is 0.0846. The van der Waals surface area contributed by atoms with E-state index in [1.54, 1.807) is 7.11 Å². The Morgan fingerprint density at radius 2 is 2.40 bits per heavy atom. The molecular formula is C10H17N3O2. The van der Waals surface area contributed by atoms with E-state index in [0.717, 1.165) is 5.69 Å². The van der Waals surface area contributed by atoms with Crippen LogP contribution in [0.15, 0.2) is 6.07 Å². The van der Waals surface area contributed by atoms with Crippen LogP contribution in [0.4, 0.5) is 5.82 Å². The van der Waals surface area contributed by atoms with Crippen LogP contribution in [0.1, 0.15) is 31.9 Å². The van der Waals surface area contributed by atoms with Crippen molar-refractivity contribution >= 4 is 11.7 Å². The zero-order valence-corrected chi connectivity index (χ0v) is 9.33. The molecule has 1 amide bonds. The number of rotatable bonds is 5. The Labute approximate surface area is 89.2 Å². The van der Waals surface area contributed by atoms with Crippen LogP contribution in [0.25, 0.3) is 0 Å². The highest BCUT2D eigenvalue weighted by Crippen LogP contribution is 2.14. The number of aromatic amines is 1. The molecule has 0 aromatic carbocycles. The summed E-state index contributed by atoms with van der Waals surface area (Å²) in [7, 11) is 1.57. The molecule has 0 bridgehead atoms. The highest BCUT2D eigenvalue weighted by atomic mass is 16.5. The number of methoxy groups -OCH3 is 1. The van der Waals surface area contributed by atoms with Crippen LogP contribution < -0.4 is 5.32 Å². The van der Waals surface area contributed by atoms with Gasteiger partial charge in [0.1, 0.15) is 0 Å². The van der Waals surface area contributed by atoms with Gasteiger partial charge in [-0.15, -0.1) is 0 Å². The molecule has 0 spiro atoms. The van der Waals surface area contributed by atoms with E-state index in [4.69, 9.17) is 4.74 Å². The minimum Gasteiger partial charge on any atom is -0.384 e. The minimum atomic E-state index is -0.0846. The van der Waals surface area contributed by atoms with Gasteiger partial charge in [-0.3, -0.25) is 9.89 Å². The molecule has 1 aromatic rings. The summed E-state index contributed by atoms with van der Waals surface area (Å²) in [6.45, 7) is 4.54. The zero-order valence-electron chi connectivity index (χ0n) is 9.33. The molecule has 5 nitrogen and oxygen atoms in total. The molecule has 15 heavy (non-hydrogen) atoms. The normalized spacial score (nSPS) is 10.7. The summed E-state index contributed by atoms with van der Waals surface area (Å²) in [5.41, 5.74) is 1.01. The van der Waals surface area contributed by atoms with Crippen molar-refractivity contribution in [2.24, 2.45) is 0 Å². The number of ether oxygens (including phenoxy) is 1. The lowest BCUT2D eigenvalue weighted by Crippen LogP contribution is -2.13. The van der Waals surface area contributed by atoms with Gasteiger partial charge in [-0.25, -0.2) is 0 Å². The number of carbonyl (C=O) groups is 1. The van der Waals surface area contributed by atoms with Gasteiger partial charge in [0.15, 0.2) is 5.82 Å². The van der Waals surface area contributed by atoms with Gasteiger partial charge in [0.2, 0.25) is 5.91 Å². The Hall–Kier alpha value is -1.36. The lowest BCUT2D eigenvalue weighted by atomic mass is 10.1. The predicted octanol–water partition coefficient (Wildman–Crippen LogP) is 1.51. The zero-order chi connectivity index (χ0) is 11.3. The average molecular weight is 211 g/mol. The van der Waals surface area contributed by atoms with Crippen molar-refractivity contribution < 1.29 is 9.53 Å². The third-order valence-electron chi connectivity index (χ3n) is 2.02. The molecule has 0 aliphatic carbocycles. The predicted molar refractivity (Wildman–Crippen MR) is 57.8 cm³/mol. The molecule has 0 unspecified atom stereocenters. The lowest BCUT2D eigenvalue weighted by molar-refractivity contribution is -0.117. The number of hydrogen-bond donors (Lipinski definition) is 2. The number of carbonyl (C=O) groups excluding carboxylic acids is 1. The summed E-state index contributed by atoms with van der Waals surface area (Å²) in [5, 5.41) is 9.55. The first-order valence-electron chi connectivity index (χ1n) is 4.97. The van der Waals surface area contributed by atoms with E-state index in [0.29, 0.717) is 24.8 Å². The number of amides is 1. The Morgan fingerprint density at radius 1 is 1.67 bits per heavy atom. The van der Waals surface area contributed by atoms with E-state index in [1.165, 1.54) is 0 Å². The summed E-state index contributed by atoms with van der Waals surface area (Å²) in [6, 6.07) is 1.84. The Balaban J connectivity index is 2.46. The summed E-state index contributed by atoms with van der Waals surface area (Å²) >= 11 is 0. The molecule has 0 saturated heterocycles. The third-order valence-corrected chi connectivity index (χ3v) is 2.02. The quantitative estimate of drug-likeness (QED) is 0.775. The van der Waals surface area contributed by atoms with Gasteiger partial charge in [-0.05, 0) is 5.92 Å². The lowest BCUT2D eigenvalue weighted by Gasteiger charge is -2.00. The molecule has 0 radical (unpaired) electrons. The van der Waals surface area contributed by atoms with Crippen LogP contribution in [-0.2, 0) is 9.53 Å². The van der Waals surface area contributed by atoms with Gasteiger partial charge in [0.05, 0.1) is 13.0 Å². The summed E-state index contributed by atoms with van der Waals surface area (Å²) in [6.07, 6.45) is 0.348. The van der Waals surface area contributed by atoms with Gasteiger partial charge >= 0.3 is 0 Å². The SMILES string of the molecule is COCCC(=O)Nc1cc(C(C)C)[nH]n1. The van der Waals surface area contributed by atoms with E-state index < -0.39 is 0 Å². The molecule has 0 fully saturated rings. The Kier molecular flexibility index (Phi) is 4.30. The van der Waals surface area contributed by atoms with Crippen LogP contribution in [0.3, 0.4) is 0 Å². The van der Waals surface area contributed by atoms with E-state index in [-0.39, 0.29) is 5.91 Å². The Bertz CT molecular complexity index is 320. The van der Waals surface area contributed by atoms with Crippen LogP contribution in [0.2, 0.25) is 0 Å². The summed E-state index contributed by atoms with van der Waals surface area (Å²) in [4.78, 5) is 11.3. The number of H-pyrrole nitrogens is 1. The van der Waals surface area contributed by atoms with E-state index in [2.05, 4.69) is 29.4 Å². The topological polar surface area (TPSA) is 67.0 Å². The average Bonchev–Trinajstić information content (AvgIpc) is 2.63. The number of anilines is 1. The second-order valence-electron chi connectivity index (χ2n) is 3.65. The van der Waals surface area contributed by atoms with E-state index in [1.807, 2.05) is 6.07 Å². The van der Waals surface area contributed by atoms with Crippen LogP contribution in [-0.4, -0.2) is 29.8 Å². The first kappa shape index (κ1) is 11.7. The molecule has 0 aliphatic rings. The molecule has 1 aromatic heterocycles. The second-order valence-corrected chi connectivity index (χ2v) is 3.65. The van der Waals surface area contributed by atoms with Crippen molar-refractivity contribution in [1.82, 2.24) is 10.2 Å². The summed E-state index contributed by atoms with van der Waals surface area (Å²) in [5.74, 6) is 0.862. The summed E-state index contributed by atoms with van der Waals surface area (Å²) < 4.78 is 4.80. The Morgan fingerprint density at radius 3 is 2.93 bits per heavy atom. The largest absolute Gasteiger partial charge is 0.384 e. The number of nitrogens with zero attached hydrogens (tertiary/aromatic N) is 1. The van der Waals surface area contributed by atoms with Crippen LogP contribution >= 0.6 is 0 Å². The molecule has 1 rings (SSSR count). The standard InChI is InChI=1S/C10H17N3O2/c1-7(2)8-6-9(13-12-8)11-10(14)4-5-15-3/h6-7H,4-5H2,1-3H3,(H2,11,12,13,14). The monoisotopic (exact) mass is 211 g/mol. The maximum atomic E-state index is 11.3. The van der Waals surface area contributed by atoms with Gasteiger partial charge in [-0.2, -0.15) is 5.10 Å². The third kappa shape index (κ3) is 3.71. The van der Waals surface area contributed by atoms with Gasteiger partial charge in [-0.1, -0.05) is 13.8 Å². The molecule has 0 saturated carbocycles. The molecule has 0 aliphatic heterocycles. The fourth-order valence-corrected chi connectivity index (χ4v) is 1.10. The van der Waals surface area contributed by atoms with Crippen molar-refractivity contribution in [3.63, 3.8) is 0 Å². The van der Waals surface area contributed by atoms with Crippen molar-refractivity contribution in [3.05, 3.63) is 11.8 Å². The van der Waals surface area contributed by atoms with Crippen molar-refractivity contribution in [1.29, 1.82) is 0 Å². The first-order valence-corrected chi connectivity index (χ1v) is 4.97. The van der Waals surface area contributed by atoms with E-state index >= 15 is 0 Å². The van der Waals surface area contributed by atoms with Crippen molar-refractivity contribution in [2.45, 2.75) is 26.2 Å². The number of aromatic nitrogens is 2. The second kappa shape index (κ2) is 5.50. The highest BCUT2D eigenvalue weighted by Gasteiger charge is 2.07. The fourth-order valence-electron chi connectivity index (χ4n) is 1.10. The van der Waals surface area contributed by atoms with Gasteiger partial charge in [0.25, 0.3) is 0 Å². The van der Waals surface area contributed by atoms with Gasteiger partial charge in [0, 0.05) is 18.9 Å². The maximum Gasteiger partial charge on any atom is 0.227 e. The van der Waals surface area contributed by atoms with E-state index in [9.17, 15) is 4.79 Å². The van der Waals surface area contributed by atoms with Crippen LogP contribution in [0, 0.1) is 0 Å². The molecule has 84 valence electrons. The van der Waals surface area contributed by atoms with Crippen molar-refractivity contribution in [2.75, 3.05) is 19.0 Å². The van der Waals surface area contributed by atoms with Gasteiger partial charge < -0.3 is 10.1 Å². The van der Waals surface area contributed by atoms with Crippen molar-refractivity contribution in [3.8, 4) is 0 Å². The molecule has 2 N–H and O–H groups in total. The number of nitrogens with one attached hydrogen (secondary N) is 2. The smallest absolute Gasteiger partial charge is 0.227 e. The fraction of sp³-hybridized carbons (Fsp3) is 0.600. The maximum absolute atomic E-state index is 11.3.